The lowest BCUT2D eigenvalue weighted by molar-refractivity contribution is 0.100. The lowest BCUT2D eigenvalue weighted by Crippen LogP contribution is -2.37. The van der Waals surface area contributed by atoms with E-state index in [9.17, 15) is 4.79 Å². The van der Waals surface area contributed by atoms with Crippen molar-refractivity contribution in [2.24, 2.45) is 5.73 Å². The highest BCUT2D eigenvalue weighted by molar-refractivity contribution is 5.96. The molecule has 0 bridgehead atoms. The number of carbonyl (C=O) groups excluding carboxylic acids is 1. The summed E-state index contributed by atoms with van der Waals surface area (Å²) in [6.45, 7) is -0.0174. The second kappa shape index (κ2) is 6.46. The maximum absolute atomic E-state index is 11.6. The van der Waals surface area contributed by atoms with Crippen LogP contribution in [-0.2, 0) is 11.8 Å². The van der Waals surface area contributed by atoms with E-state index >= 15 is 0 Å². The van der Waals surface area contributed by atoms with Gasteiger partial charge in [0.05, 0.1) is 19.2 Å². The average Bonchev–Trinajstić information content (AvgIpc) is 2.58. The second-order valence-electron chi connectivity index (χ2n) is 6.06. The molecule has 1 aliphatic carbocycles. The SMILES string of the molecule is COc1cccc(C2(Cc3ncc(C(=O)CN)cn3)CCC2)c1. The summed E-state index contributed by atoms with van der Waals surface area (Å²) in [5, 5.41) is 0. The molecule has 1 aromatic carbocycles. The van der Waals surface area contributed by atoms with E-state index < -0.39 is 0 Å². The summed E-state index contributed by atoms with van der Waals surface area (Å²) in [5.74, 6) is 1.50. The van der Waals surface area contributed by atoms with Crippen molar-refractivity contribution in [1.29, 1.82) is 0 Å². The lowest BCUT2D eigenvalue weighted by Gasteiger charge is -2.42. The fraction of sp³-hybridized carbons (Fsp3) is 0.389. The topological polar surface area (TPSA) is 78.1 Å². The van der Waals surface area contributed by atoms with Gasteiger partial charge >= 0.3 is 0 Å². The quantitative estimate of drug-likeness (QED) is 0.828. The molecule has 0 atom stereocenters. The summed E-state index contributed by atoms with van der Waals surface area (Å²) in [6.07, 6.45) is 7.38. The molecular formula is C18H21N3O2. The van der Waals surface area contributed by atoms with Gasteiger partial charge in [0.15, 0.2) is 5.78 Å². The van der Waals surface area contributed by atoms with Gasteiger partial charge in [0.2, 0.25) is 0 Å². The Kier molecular flexibility index (Phi) is 4.39. The van der Waals surface area contributed by atoms with Crippen molar-refractivity contribution < 1.29 is 9.53 Å². The summed E-state index contributed by atoms with van der Waals surface area (Å²) in [4.78, 5) is 20.3. The smallest absolute Gasteiger partial charge is 0.179 e. The van der Waals surface area contributed by atoms with Gasteiger partial charge in [-0.25, -0.2) is 9.97 Å². The van der Waals surface area contributed by atoms with E-state index in [4.69, 9.17) is 10.5 Å². The molecule has 1 fully saturated rings. The van der Waals surface area contributed by atoms with E-state index in [1.807, 2.05) is 12.1 Å². The zero-order valence-corrected chi connectivity index (χ0v) is 13.3. The number of nitrogens with zero attached hydrogens (tertiary/aromatic N) is 2. The Bertz CT molecular complexity index is 694. The molecule has 2 aromatic rings. The third-order valence-corrected chi connectivity index (χ3v) is 4.70. The van der Waals surface area contributed by atoms with E-state index in [1.165, 1.54) is 12.0 Å². The van der Waals surface area contributed by atoms with Gasteiger partial charge in [-0.15, -0.1) is 0 Å². The second-order valence-corrected chi connectivity index (χ2v) is 6.06. The first-order chi connectivity index (χ1) is 11.2. The molecule has 1 saturated carbocycles. The molecule has 2 N–H and O–H groups in total. The van der Waals surface area contributed by atoms with Crippen LogP contribution in [0.3, 0.4) is 0 Å². The summed E-state index contributed by atoms with van der Waals surface area (Å²) in [5.41, 5.74) is 7.18. The van der Waals surface area contributed by atoms with E-state index in [0.717, 1.165) is 30.8 Å². The van der Waals surface area contributed by atoms with Gasteiger partial charge in [-0.05, 0) is 30.5 Å². The Morgan fingerprint density at radius 2 is 2.04 bits per heavy atom. The zero-order valence-electron chi connectivity index (χ0n) is 13.3. The van der Waals surface area contributed by atoms with Crippen LogP contribution in [0.2, 0.25) is 0 Å². The minimum absolute atomic E-state index is 0.0174. The van der Waals surface area contributed by atoms with Crippen LogP contribution in [0, 0.1) is 0 Å². The van der Waals surface area contributed by atoms with Crippen LogP contribution in [0.15, 0.2) is 36.7 Å². The molecular weight excluding hydrogens is 290 g/mol. The highest BCUT2D eigenvalue weighted by Crippen LogP contribution is 2.46. The summed E-state index contributed by atoms with van der Waals surface area (Å²) < 4.78 is 5.34. The molecule has 0 radical (unpaired) electrons. The molecule has 23 heavy (non-hydrogen) atoms. The van der Waals surface area contributed by atoms with Crippen molar-refractivity contribution in [2.45, 2.75) is 31.1 Å². The van der Waals surface area contributed by atoms with Crippen molar-refractivity contribution in [3.63, 3.8) is 0 Å². The predicted octanol–water partition coefficient (Wildman–Crippen LogP) is 2.29. The van der Waals surface area contributed by atoms with E-state index in [0.29, 0.717) is 5.56 Å². The number of ketones is 1. The van der Waals surface area contributed by atoms with Crippen LogP contribution in [0.5, 0.6) is 5.75 Å². The van der Waals surface area contributed by atoms with Crippen LogP contribution < -0.4 is 10.5 Å². The number of carbonyl (C=O) groups is 1. The number of Topliss-reactive ketones (excluding diaryl/α,β-unsaturated/α-hetero) is 1. The molecule has 120 valence electrons. The monoisotopic (exact) mass is 311 g/mol. The zero-order chi connectivity index (χ0) is 16.3. The van der Waals surface area contributed by atoms with Crippen LogP contribution >= 0.6 is 0 Å². The number of ether oxygens (including phenoxy) is 1. The first-order valence-corrected chi connectivity index (χ1v) is 7.85. The highest BCUT2D eigenvalue weighted by atomic mass is 16.5. The molecule has 3 rings (SSSR count). The number of rotatable bonds is 6. The van der Waals surface area contributed by atoms with Crippen molar-refractivity contribution >= 4 is 5.78 Å². The lowest BCUT2D eigenvalue weighted by atomic mass is 9.62. The minimum atomic E-state index is -0.136. The van der Waals surface area contributed by atoms with Crippen LogP contribution in [-0.4, -0.2) is 29.4 Å². The number of methoxy groups -OCH3 is 1. The van der Waals surface area contributed by atoms with Crippen molar-refractivity contribution in [1.82, 2.24) is 9.97 Å². The minimum Gasteiger partial charge on any atom is -0.497 e. The van der Waals surface area contributed by atoms with Gasteiger partial charge in [0, 0.05) is 24.2 Å². The Labute approximate surface area is 135 Å². The normalized spacial score (nSPS) is 15.7. The summed E-state index contributed by atoms with van der Waals surface area (Å²) in [7, 11) is 1.68. The van der Waals surface area contributed by atoms with Crippen molar-refractivity contribution in [2.75, 3.05) is 13.7 Å². The highest BCUT2D eigenvalue weighted by Gasteiger charge is 2.39. The molecule has 1 aliphatic rings. The molecule has 0 saturated heterocycles. The maximum atomic E-state index is 11.6. The first kappa shape index (κ1) is 15.6. The molecule has 5 heteroatoms. The van der Waals surface area contributed by atoms with Gasteiger partial charge in [-0.2, -0.15) is 0 Å². The number of nitrogens with two attached hydrogens (primary N) is 1. The largest absolute Gasteiger partial charge is 0.497 e. The van der Waals surface area contributed by atoms with Crippen molar-refractivity contribution in [3.8, 4) is 5.75 Å². The van der Waals surface area contributed by atoms with E-state index in [1.54, 1.807) is 19.5 Å². The summed E-state index contributed by atoms with van der Waals surface area (Å²) in [6, 6.07) is 8.23. The van der Waals surface area contributed by atoms with Gasteiger partial charge in [0.1, 0.15) is 11.6 Å². The maximum Gasteiger partial charge on any atom is 0.179 e. The van der Waals surface area contributed by atoms with E-state index in [-0.39, 0.29) is 17.7 Å². The molecule has 5 nitrogen and oxygen atoms in total. The summed E-state index contributed by atoms with van der Waals surface area (Å²) >= 11 is 0. The molecule has 1 aromatic heterocycles. The molecule has 0 amide bonds. The Balaban J connectivity index is 1.82. The number of aromatic nitrogens is 2. The third kappa shape index (κ3) is 3.10. The van der Waals surface area contributed by atoms with Crippen molar-refractivity contribution in [3.05, 3.63) is 53.6 Å². The van der Waals surface area contributed by atoms with Gasteiger partial charge in [-0.1, -0.05) is 18.6 Å². The number of benzene rings is 1. The number of hydrogen-bond donors (Lipinski definition) is 1. The fourth-order valence-electron chi connectivity index (χ4n) is 3.13. The van der Waals surface area contributed by atoms with E-state index in [2.05, 4.69) is 22.1 Å². The Morgan fingerprint density at radius 1 is 1.30 bits per heavy atom. The van der Waals surface area contributed by atoms with Gasteiger partial charge in [0.25, 0.3) is 0 Å². The average molecular weight is 311 g/mol. The van der Waals surface area contributed by atoms with Crippen LogP contribution in [0.25, 0.3) is 0 Å². The number of hydrogen-bond acceptors (Lipinski definition) is 5. The molecule has 0 unspecified atom stereocenters. The molecule has 0 spiro atoms. The van der Waals surface area contributed by atoms with Crippen LogP contribution in [0.1, 0.15) is 41.0 Å². The standard InChI is InChI=1S/C18H21N3O2/c1-23-15-5-2-4-14(8-15)18(6-3-7-18)9-17-20-11-13(12-21-17)16(22)10-19/h2,4-5,8,11-12H,3,6-7,9-10,19H2,1H3. The molecule has 0 aliphatic heterocycles. The Hall–Kier alpha value is -2.27. The van der Waals surface area contributed by atoms with Crippen LogP contribution in [0.4, 0.5) is 0 Å². The first-order valence-electron chi connectivity index (χ1n) is 7.85. The molecule has 1 heterocycles. The van der Waals surface area contributed by atoms with Gasteiger partial charge < -0.3 is 10.5 Å². The van der Waals surface area contributed by atoms with Gasteiger partial charge in [-0.3, -0.25) is 4.79 Å². The predicted molar refractivity (Wildman–Crippen MR) is 87.6 cm³/mol. The fourth-order valence-corrected chi connectivity index (χ4v) is 3.13. The Morgan fingerprint density at radius 3 is 2.61 bits per heavy atom. The third-order valence-electron chi connectivity index (χ3n) is 4.70.